The van der Waals surface area contributed by atoms with Crippen molar-refractivity contribution in [1.82, 2.24) is 4.57 Å². The molecule has 0 radical (unpaired) electrons. The van der Waals surface area contributed by atoms with E-state index in [1.165, 1.54) is 44.1 Å². The van der Waals surface area contributed by atoms with Gasteiger partial charge in [-0.05, 0) is 64.7 Å². The van der Waals surface area contributed by atoms with E-state index in [1.54, 1.807) is 0 Å². The van der Waals surface area contributed by atoms with E-state index in [9.17, 15) is 0 Å². The first-order valence-corrected chi connectivity index (χ1v) is 12.9. The summed E-state index contributed by atoms with van der Waals surface area (Å²) >= 11 is 0. The molecule has 8 aromatic rings. The number of rotatable bonds is 3. The number of nitrogens with zero attached hydrogens (tertiary/aromatic N) is 1. The monoisotopic (exact) mass is 485 g/mol. The van der Waals surface area contributed by atoms with E-state index in [0.29, 0.717) is 0 Å². The maximum atomic E-state index is 6.26. The number of hydrogen-bond acceptors (Lipinski definition) is 1. The van der Waals surface area contributed by atoms with Gasteiger partial charge in [-0.15, -0.1) is 0 Å². The molecule has 2 nitrogen and oxygen atoms in total. The van der Waals surface area contributed by atoms with Crippen LogP contribution in [0.1, 0.15) is 0 Å². The van der Waals surface area contributed by atoms with Crippen LogP contribution in [-0.4, -0.2) is 4.57 Å². The Kier molecular flexibility index (Phi) is 4.55. The molecule has 2 aromatic heterocycles. The van der Waals surface area contributed by atoms with E-state index >= 15 is 0 Å². The average Bonchev–Trinajstić information content (AvgIpc) is 3.52. The first-order valence-electron chi connectivity index (χ1n) is 12.9. The van der Waals surface area contributed by atoms with E-state index in [0.717, 1.165) is 27.6 Å². The predicted octanol–water partition coefficient (Wildman–Crippen LogP) is 10.0. The third-order valence-electron chi connectivity index (χ3n) is 7.60. The molecule has 0 aliphatic rings. The molecule has 0 saturated heterocycles. The van der Waals surface area contributed by atoms with Crippen molar-refractivity contribution in [3.63, 3.8) is 0 Å². The topological polar surface area (TPSA) is 18.1 Å². The summed E-state index contributed by atoms with van der Waals surface area (Å²) in [6.07, 6.45) is 0. The maximum Gasteiger partial charge on any atom is 0.135 e. The Morgan fingerprint density at radius 3 is 1.71 bits per heavy atom. The van der Waals surface area contributed by atoms with Crippen LogP contribution in [0.4, 0.5) is 0 Å². The van der Waals surface area contributed by atoms with Gasteiger partial charge in [0.1, 0.15) is 11.2 Å². The number of aromatic nitrogens is 1. The molecule has 0 bridgehead atoms. The third-order valence-corrected chi connectivity index (χ3v) is 7.60. The molecule has 0 aliphatic carbocycles. The molecule has 6 aromatic carbocycles. The molecular formula is C36H23NO. The predicted molar refractivity (Wildman–Crippen MR) is 159 cm³/mol. The van der Waals surface area contributed by atoms with Crippen molar-refractivity contribution in [2.45, 2.75) is 0 Å². The van der Waals surface area contributed by atoms with E-state index in [2.05, 4.69) is 144 Å². The molecule has 8 rings (SSSR count). The molecule has 0 unspecified atom stereocenters. The lowest BCUT2D eigenvalue weighted by Gasteiger charge is -2.09. The van der Waals surface area contributed by atoms with Gasteiger partial charge in [-0.2, -0.15) is 0 Å². The van der Waals surface area contributed by atoms with Crippen molar-refractivity contribution >= 4 is 43.7 Å². The molecule has 0 saturated carbocycles. The van der Waals surface area contributed by atoms with Crippen LogP contribution in [0.25, 0.3) is 71.7 Å². The van der Waals surface area contributed by atoms with Crippen LogP contribution in [0, 0.1) is 0 Å². The van der Waals surface area contributed by atoms with Gasteiger partial charge in [0.15, 0.2) is 0 Å². The summed E-state index contributed by atoms with van der Waals surface area (Å²) in [7, 11) is 0. The SMILES string of the molecule is c1ccc(-c2ccc3oc4ccc(-n5c6ccccc6c6ccc(-c7ccccc7)cc65)cc4c3c2)cc1. The molecule has 2 heteroatoms. The van der Waals surface area contributed by atoms with Crippen LogP contribution in [-0.2, 0) is 0 Å². The zero-order valence-electron chi connectivity index (χ0n) is 20.6. The highest BCUT2D eigenvalue weighted by Crippen LogP contribution is 2.38. The van der Waals surface area contributed by atoms with Crippen LogP contribution < -0.4 is 0 Å². The summed E-state index contributed by atoms with van der Waals surface area (Å²) in [5.74, 6) is 0. The van der Waals surface area contributed by atoms with Crippen LogP contribution in [0.2, 0.25) is 0 Å². The van der Waals surface area contributed by atoms with Gasteiger partial charge in [-0.1, -0.05) is 97.1 Å². The van der Waals surface area contributed by atoms with Crippen LogP contribution >= 0.6 is 0 Å². The standard InChI is InChI=1S/C36H23NO/c1-3-9-24(10-4-1)26-16-19-35-31(21-26)32-23-28(17-20-36(32)38-35)37-33-14-8-7-13-29(33)30-18-15-27(22-34(30)37)25-11-5-2-6-12-25/h1-23H. The summed E-state index contributed by atoms with van der Waals surface area (Å²) < 4.78 is 8.64. The average molecular weight is 486 g/mol. The minimum atomic E-state index is 0.903. The minimum absolute atomic E-state index is 0.903. The van der Waals surface area contributed by atoms with Gasteiger partial charge in [-0.25, -0.2) is 0 Å². The van der Waals surface area contributed by atoms with Gasteiger partial charge in [-0.3, -0.25) is 0 Å². The van der Waals surface area contributed by atoms with Crippen LogP contribution in [0.5, 0.6) is 0 Å². The largest absolute Gasteiger partial charge is 0.456 e. The third kappa shape index (κ3) is 3.21. The second-order valence-electron chi connectivity index (χ2n) is 9.81. The van der Waals surface area contributed by atoms with Crippen molar-refractivity contribution in [2.75, 3.05) is 0 Å². The molecule has 0 fully saturated rings. The Bertz CT molecular complexity index is 2110. The van der Waals surface area contributed by atoms with E-state index < -0.39 is 0 Å². The first-order chi connectivity index (χ1) is 18.8. The summed E-state index contributed by atoms with van der Waals surface area (Å²) in [5.41, 5.74) is 10.2. The van der Waals surface area contributed by atoms with Gasteiger partial charge in [0.2, 0.25) is 0 Å². The normalized spacial score (nSPS) is 11.7. The summed E-state index contributed by atoms with van der Waals surface area (Å²) in [6, 6.07) is 49.6. The molecule has 0 atom stereocenters. The van der Waals surface area contributed by atoms with Crippen molar-refractivity contribution in [3.05, 3.63) is 140 Å². The summed E-state index contributed by atoms with van der Waals surface area (Å²) in [4.78, 5) is 0. The fourth-order valence-electron chi connectivity index (χ4n) is 5.77. The van der Waals surface area contributed by atoms with Crippen molar-refractivity contribution < 1.29 is 4.42 Å². The molecule has 0 aliphatic heterocycles. The van der Waals surface area contributed by atoms with Gasteiger partial charge < -0.3 is 8.98 Å². The second-order valence-corrected chi connectivity index (χ2v) is 9.81. The van der Waals surface area contributed by atoms with E-state index in [-0.39, 0.29) is 0 Å². The van der Waals surface area contributed by atoms with Crippen LogP contribution in [0.3, 0.4) is 0 Å². The smallest absolute Gasteiger partial charge is 0.135 e. The van der Waals surface area contributed by atoms with Crippen molar-refractivity contribution in [3.8, 4) is 27.9 Å². The number of para-hydroxylation sites is 1. The highest BCUT2D eigenvalue weighted by atomic mass is 16.3. The van der Waals surface area contributed by atoms with Crippen LogP contribution in [0.15, 0.2) is 144 Å². The van der Waals surface area contributed by atoms with Crippen molar-refractivity contribution in [2.24, 2.45) is 0 Å². The lowest BCUT2D eigenvalue weighted by molar-refractivity contribution is 0.669. The molecule has 2 heterocycles. The molecule has 178 valence electrons. The fraction of sp³-hybridized carbons (Fsp3) is 0. The fourth-order valence-corrected chi connectivity index (χ4v) is 5.77. The number of furan rings is 1. The molecule has 0 spiro atoms. The molecular weight excluding hydrogens is 462 g/mol. The second kappa shape index (κ2) is 8.22. The summed E-state index contributed by atoms with van der Waals surface area (Å²) in [6.45, 7) is 0. The Balaban J connectivity index is 1.39. The molecule has 0 N–H and O–H groups in total. The Morgan fingerprint density at radius 1 is 0.368 bits per heavy atom. The van der Waals surface area contributed by atoms with Crippen molar-refractivity contribution in [1.29, 1.82) is 0 Å². The zero-order valence-corrected chi connectivity index (χ0v) is 20.6. The molecule has 0 amide bonds. The number of fused-ring (bicyclic) bond motifs is 6. The van der Waals surface area contributed by atoms with Gasteiger partial charge in [0.05, 0.1) is 11.0 Å². The Morgan fingerprint density at radius 2 is 0.947 bits per heavy atom. The zero-order chi connectivity index (χ0) is 25.1. The summed E-state index contributed by atoms with van der Waals surface area (Å²) in [5, 5.41) is 4.77. The van der Waals surface area contributed by atoms with Gasteiger partial charge >= 0.3 is 0 Å². The maximum absolute atomic E-state index is 6.26. The Hall–Kier alpha value is -5.08. The van der Waals surface area contributed by atoms with E-state index in [4.69, 9.17) is 4.42 Å². The highest BCUT2D eigenvalue weighted by Gasteiger charge is 2.15. The van der Waals surface area contributed by atoms with E-state index in [1.807, 2.05) is 0 Å². The first kappa shape index (κ1) is 21.0. The lowest BCUT2D eigenvalue weighted by Crippen LogP contribution is -1.93. The lowest BCUT2D eigenvalue weighted by atomic mass is 10.0. The number of hydrogen-bond donors (Lipinski definition) is 0. The highest BCUT2D eigenvalue weighted by molar-refractivity contribution is 6.11. The van der Waals surface area contributed by atoms with Gasteiger partial charge in [0.25, 0.3) is 0 Å². The quantitative estimate of drug-likeness (QED) is 0.243. The minimum Gasteiger partial charge on any atom is -0.456 e. The Labute approximate surface area is 220 Å². The molecule has 38 heavy (non-hydrogen) atoms. The number of benzene rings is 6. The van der Waals surface area contributed by atoms with Gasteiger partial charge in [0, 0.05) is 27.2 Å².